The van der Waals surface area contributed by atoms with Crippen LogP contribution in [0.15, 0.2) is 54.6 Å². The number of alkyl halides is 3. The largest absolute Gasteiger partial charge is 0.489 e. The first-order valence-electron chi connectivity index (χ1n) is 10.9. The Balaban J connectivity index is 1.43. The SMILES string of the molecule is O=C(NCc1cccc(C(F)(F)F)c1)[C@@H]1C[C@H](Oc2ccccc2)CN1C1CCOCC1. The summed E-state index contributed by atoms with van der Waals surface area (Å²) in [7, 11) is 0. The summed E-state index contributed by atoms with van der Waals surface area (Å²) < 4.78 is 50.5. The number of carbonyl (C=O) groups is 1. The van der Waals surface area contributed by atoms with Crippen LogP contribution in [0.25, 0.3) is 0 Å². The number of rotatable bonds is 6. The molecule has 2 fully saturated rings. The lowest BCUT2D eigenvalue weighted by Gasteiger charge is -2.34. The maximum absolute atomic E-state index is 13.1. The van der Waals surface area contributed by atoms with Crippen molar-refractivity contribution >= 4 is 5.91 Å². The zero-order chi connectivity index (χ0) is 22.6. The van der Waals surface area contributed by atoms with Gasteiger partial charge in [0.2, 0.25) is 5.91 Å². The topological polar surface area (TPSA) is 50.8 Å². The van der Waals surface area contributed by atoms with Crippen LogP contribution >= 0.6 is 0 Å². The average Bonchev–Trinajstić information content (AvgIpc) is 3.22. The smallest absolute Gasteiger partial charge is 0.416 e. The highest BCUT2D eigenvalue weighted by molar-refractivity contribution is 5.82. The number of nitrogens with zero attached hydrogens (tertiary/aromatic N) is 1. The highest BCUT2D eigenvalue weighted by Gasteiger charge is 2.41. The molecule has 0 aromatic heterocycles. The molecule has 2 aromatic rings. The van der Waals surface area contributed by atoms with Crippen molar-refractivity contribution < 1.29 is 27.4 Å². The van der Waals surface area contributed by atoms with Gasteiger partial charge in [-0.2, -0.15) is 13.2 Å². The molecule has 2 aliphatic rings. The van der Waals surface area contributed by atoms with Gasteiger partial charge in [0.15, 0.2) is 0 Å². The van der Waals surface area contributed by atoms with Crippen molar-refractivity contribution in [1.29, 1.82) is 0 Å². The predicted molar refractivity (Wildman–Crippen MR) is 113 cm³/mol. The molecule has 2 atom stereocenters. The van der Waals surface area contributed by atoms with E-state index in [0.717, 1.165) is 30.7 Å². The van der Waals surface area contributed by atoms with Gasteiger partial charge < -0.3 is 14.8 Å². The van der Waals surface area contributed by atoms with Crippen LogP contribution in [0.1, 0.15) is 30.4 Å². The van der Waals surface area contributed by atoms with Crippen LogP contribution in [0.2, 0.25) is 0 Å². The molecular formula is C24H27F3N2O3. The van der Waals surface area contributed by atoms with Crippen molar-refractivity contribution in [2.24, 2.45) is 0 Å². The van der Waals surface area contributed by atoms with Gasteiger partial charge in [-0.15, -0.1) is 0 Å². The number of nitrogens with one attached hydrogen (secondary N) is 1. The molecule has 0 bridgehead atoms. The van der Waals surface area contributed by atoms with E-state index in [1.807, 2.05) is 30.3 Å². The molecule has 8 heteroatoms. The van der Waals surface area contributed by atoms with E-state index in [0.29, 0.717) is 31.7 Å². The lowest BCUT2D eigenvalue weighted by Crippen LogP contribution is -2.49. The quantitative estimate of drug-likeness (QED) is 0.725. The first-order valence-corrected chi connectivity index (χ1v) is 10.9. The van der Waals surface area contributed by atoms with E-state index in [4.69, 9.17) is 9.47 Å². The Bertz CT molecular complexity index is 901. The first-order chi connectivity index (χ1) is 15.4. The number of amides is 1. The molecule has 5 nitrogen and oxygen atoms in total. The Kier molecular flexibility index (Phi) is 7.01. The second-order valence-corrected chi connectivity index (χ2v) is 8.26. The Hall–Kier alpha value is -2.58. The summed E-state index contributed by atoms with van der Waals surface area (Å²) in [5, 5.41) is 2.84. The maximum Gasteiger partial charge on any atom is 0.416 e. The van der Waals surface area contributed by atoms with Crippen molar-refractivity contribution in [3.05, 3.63) is 65.7 Å². The Morgan fingerprint density at radius 2 is 1.84 bits per heavy atom. The molecule has 2 aromatic carbocycles. The third-order valence-corrected chi connectivity index (χ3v) is 6.03. The summed E-state index contributed by atoms with van der Waals surface area (Å²) in [5.74, 6) is 0.572. The summed E-state index contributed by atoms with van der Waals surface area (Å²) in [6.07, 6.45) is -2.33. The number of para-hydroxylation sites is 1. The molecule has 0 unspecified atom stereocenters. The Morgan fingerprint density at radius 1 is 1.09 bits per heavy atom. The van der Waals surface area contributed by atoms with Crippen LogP contribution in [0.3, 0.4) is 0 Å². The zero-order valence-corrected chi connectivity index (χ0v) is 17.7. The van der Waals surface area contributed by atoms with Gasteiger partial charge in [0.05, 0.1) is 11.6 Å². The standard InChI is InChI=1S/C24H27F3N2O3/c25-24(26,27)18-6-4-5-17(13-18)15-28-23(30)22-14-21(32-20-7-2-1-3-8-20)16-29(22)19-9-11-31-12-10-19/h1-8,13,19,21-22H,9-12,14-16H2,(H,28,30)/t21-,22-/m0/s1. The highest BCUT2D eigenvalue weighted by Crippen LogP contribution is 2.30. The van der Waals surface area contributed by atoms with Crippen LogP contribution in [0.4, 0.5) is 13.2 Å². The fourth-order valence-electron chi connectivity index (χ4n) is 4.44. The summed E-state index contributed by atoms with van der Waals surface area (Å²) in [5.41, 5.74) is -0.300. The third kappa shape index (κ3) is 5.61. The van der Waals surface area contributed by atoms with Crippen molar-refractivity contribution in [3.8, 4) is 5.75 Å². The van der Waals surface area contributed by atoms with Crippen LogP contribution < -0.4 is 10.1 Å². The number of likely N-dealkylation sites (tertiary alicyclic amines) is 1. The number of ether oxygens (including phenoxy) is 2. The molecule has 1 amide bonds. The average molecular weight is 448 g/mol. The van der Waals surface area contributed by atoms with Gasteiger partial charge in [-0.3, -0.25) is 9.69 Å². The molecule has 172 valence electrons. The molecule has 2 aliphatic heterocycles. The number of hydrogen-bond donors (Lipinski definition) is 1. The molecule has 2 saturated heterocycles. The van der Waals surface area contributed by atoms with Crippen LogP contribution in [-0.2, 0) is 22.3 Å². The van der Waals surface area contributed by atoms with E-state index in [1.165, 1.54) is 6.07 Å². The molecule has 0 saturated carbocycles. The van der Waals surface area contributed by atoms with Gasteiger partial charge in [-0.1, -0.05) is 30.3 Å². The third-order valence-electron chi connectivity index (χ3n) is 6.03. The summed E-state index contributed by atoms with van der Waals surface area (Å²) >= 11 is 0. The Morgan fingerprint density at radius 3 is 2.56 bits per heavy atom. The van der Waals surface area contributed by atoms with E-state index in [1.54, 1.807) is 6.07 Å². The zero-order valence-electron chi connectivity index (χ0n) is 17.7. The van der Waals surface area contributed by atoms with Gasteiger partial charge in [0.25, 0.3) is 0 Å². The normalized spacial score (nSPS) is 22.6. The van der Waals surface area contributed by atoms with Crippen molar-refractivity contribution in [3.63, 3.8) is 0 Å². The minimum Gasteiger partial charge on any atom is -0.489 e. The second kappa shape index (κ2) is 9.92. The summed E-state index contributed by atoms with van der Waals surface area (Å²) in [6.45, 7) is 1.99. The predicted octanol–water partition coefficient (Wildman–Crippen LogP) is 4.02. The molecule has 2 heterocycles. The number of halogens is 3. The van der Waals surface area contributed by atoms with Gasteiger partial charge in [0, 0.05) is 38.8 Å². The minimum absolute atomic E-state index is 0.0467. The molecule has 32 heavy (non-hydrogen) atoms. The van der Waals surface area contributed by atoms with Crippen molar-refractivity contribution in [2.45, 2.75) is 50.2 Å². The summed E-state index contributed by atoms with van der Waals surface area (Å²) in [6, 6.07) is 14.4. The number of benzene rings is 2. The van der Waals surface area contributed by atoms with E-state index in [-0.39, 0.29) is 24.6 Å². The molecular weight excluding hydrogens is 421 g/mol. The number of hydrogen-bond acceptors (Lipinski definition) is 4. The van der Waals surface area contributed by atoms with Gasteiger partial charge in [-0.05, 0) is 42.7 Å². The molecule has 4 rings (SSSR count). The monoisotopic (exact) mass is 448 g/mol. The molecule has 1 N–H and O–H groups in total. The van der Waals surface area contributed by atoms with Crippen molar-refractivity contribution in [1.82, 2.24) is 10.2 Å². The molecule has 0 radical (unpaired) electrons. The van der Waals surface area contributed by atoms with E-state index in [9.17, 15) is 18.0 Å². The highest BCUT2D eigenvalue weighted by atomic mass is 19.4. The minimum atomic E-state index is -4.41. The lowest BCUT2D eigenvalue weighted by atomic mass is 10.1. The van der Waals surface area contributed by atoms with Crippen LogP contribution in [-0.4, -0.2) is 48.8 Å². The van der Waals surface area contributed by atoms with Crippen LogP contribution in [0.5, 0.6) is 5.75 Å². The van der Waals surface area contributed by atoms with Crippen molar-refractivity contribution in [2.75, 3.05) is 19.8 Å². The fourth-order valence-corrected chi connectivity index (χ4v) is 4.44. The van der Waals surface area contributed by atoms with E-state index >= 15 is 0 Å². The second-order valence-electron chi connectivity index (χ2n) is 8.26. The summed E-state index contributed by atoms with van der Waals surface area (Å²) in [4.78, 5) is 15.3. The van der Waals surface area contributed by atoms with E-state index in [2.05, 4.69) is 10.2 Å². The fraction of sp³-hybridized carbons (Fsp3) is 0.458. The number of carbonyl (C=O) groups excluding carboxylic acids is 1. The maximum atomic E-state index is 13.1. The van der Waals surface area contributed by atoms with Crippen LogP contribution in [0, 0.1) is 0 Å². The molecule has 0 aliphatic carbocycles. The molecule has 0 spiro atoms. The Labute approximate surface area is 185 Å². The lowest BCUT2D eigenvalue weighted by molar-refractivity contribution is -0.137. The van der Waals surface area contributed by atoms with Gasteiger partial charge in [0.1, 0.15) is 11.9 Å². The van der Waals surface area contributed by atoms with Gasteiger partial charge >= 0.3 is 6.18 Å². The van der Waals surface area contributed by atoms with E-state index < -0.39 is 17.8 Å². The first kappa shape index (κ1) is 22.6. The van der Waals surface area contributed by atoms with Gasteiger partial charge in [-0.25, -0.2) is 0 Å².